The minimum Gasteiger partial charge on any atom is -0.465 e. The van der Waals surface area contributed by atoms with E-state index in [0.29, 0.717) is 12.0 Å². The first-order valence-electron chi connectivity index (χ1n) is 5.16. The van der Waals surface area contributed by atoms with Crippen molar-refractivity contribution in [2.24, 2.45) is 11.7 Å². The summed E-state index contributed by atoms with van der Waals surface area (Å²) in [7, 11) is 0. The predicted octanol–water partition coefficient (Wildman–Crippen LogP) is 1.55. The second-order valence-corrected chi connectivity index (χ2v) is 4.96. The Bertz CT molecular complexity index is 216. The summed E-state index contributed by atoms with van der Waals surface area (Å²) in [4.78, 5) is 10.5. The second kappa shape index (κ2) is 4.17. The molecule has 0 aromatic heterocycles. The summed E-state index contributed by atoms with van der Waals surface area (Å²) in [6, 6.07) is 0.320. The second-order valence-electron chi connectivity index (χ2n) is 4.96. The van der Waals surface area contributed by atoms with Gasteiger partial charge in [0, 0.05) is 11.6 Å². The van der Waals surface area contributed by atoms with E-state index in [1.54, 1.807) is 0 Å². The zero-order chi connectivity index (χ0) is 10.8. The molecule has 4 heteroatoms. The van der Waals surface area contributed by atoms with Gasteiger partial charge in [-0.15, -0.1) is 0 Å². The Balaban J connectivity index is 2.38. The zero-order valence-corrected chi connectivity index (χ0v) is 8.92. The third-order valence-corrected chi connectivity index (χ3v) is 2.83. The van der Waals surface area contributed by atoms with E-state index >= 15 is 0 Å². The van der Waals surface area contributed by atoms with Crippen molar-refractivity contribution in [3.05, 3.63) is 0 Å². The van der Waals surface area contributed by atoms with Crippen LogP contribution in [0.3, 0.4) is 0 Å². The third-order valence-electron chi connectivity index (χ3n) is 2.83. The van der Waals surface area contributed by atoms with E-state index in [-0.39, 0.29) is 5.54 Å². The number of amides is 1. The number of rotatable bonds is 3. The van der Waals surface area contributed by atoms with Gasteiger partial charge in [-0.05, 0) is 45.4 Å². The molecule has 0 aromatic carbocycles. The molecule has 4 N–H and O–H groups in total. The van der Waals surface area contributed by atoms with Gasteiger partial charge in [-0.3, -0.25) is 0 Å². The van der Waals surface area contributed by atoms with Crippen molar-refractivity contribution in [3.63, 3.8) is 0 Å². The number of hydrogen-bond donors (Lipinski definition) is 3. The molecule has 1 rings (SSSR count). The van der Waals surface area contributed by atoms with Gasteiger partial charge in [0.15, 0.2) is 0 Å². The van der Waals surface area contributed by atoms with Crippen LogP contribution in [-0.4, -0.2) is 22.8 Å². The molecule has 0 unspecified atom stereocenters. The van der Waals surface area contributed by atoms with Gasteiger partial charge in [0.1, 0.15) is 0 Å². The Labute approximate surface area is 84.9 Å². The summed E-state index contributed by atoms with van der Waals surface area (Å²) in [6.07, 6.45) is 3.18. The van der Waals surface area contributed by atoms with Crippen molar-refractivity contribution in [2.75, 3.05) is 0 Å². The monoisotopic (exact) mass is 200 g/mol. The van der Waals surface area contributed by atoms with E-state index < -0.39 is 6.09 Å². The molecule has 82 valence electrons. The number of carboxylic acid groups (broad SMARTS) is 1. The Morgan fingerprint density at radius 3 is 2.64 bits per heavy atom. The van der Waals surface area contributed by atoms with Gasteiger partial charge in [-0.2, -0.15) is 0 Å². The maximum Gasteiger partial charge on any atom is 0.405 e. The van der Waals surface area contributed by atoms with Crippen LogP contribution in [0, 0.1) is 5.92 Å². The fraction of sp³-hybridized carbons (Fsp3) is 0.900. The molecule has 0 heterocycles. The molecule has 1 amide bonds. The van der Waals surface area contributed by atoms with Gasteiger partial charge < -0.3 is 16.2 Å². The van der Waals surface area contributed by atoms with Crippen LogP contribution < -0.4 is 11.1 Å². The minimum atomic E-state index is -0.947. The molecule has 1 aliphatic carbocycles. The molecule has 0 spiro atoms. The first-order valence-corrected chi connectivity index (χ1v) is 5.16. The van der Waals surface area contributed by atoms with Crippen LogP contribution in [0.1, 0.15) is 39.5 Å². The maximum absolute atomic E-state index is 10.5. The highest BCUT2D eigenvalue weighted by molar-refractivity contribution is 5.65. The lowest BCUT2D eigenvalue weighted by Crippen LogP contribution is -2.43. The third kappa shape index (κ3) is 3.54. The molecule has 14 heavy (non-hydrogen) atoms. The molecule has 1 saturated carbocycles. The van der Waals surface area contributed by atoms with Crippen molar-refractivity contribution in [1.29, 1.82) is 0 Å². The van der Waals surface area contributed by atoms with Gasteiger partial charge >= 0.3 is 6.09 Å². The number of nitrogens with one attached hydrogen (secondary N) is 1. The van der Waals surface area contributed by atoms with Gasteiger partial charge in [-0.1, -0.05) is 0 Å². The average molecular weight is 200 g/mol. The lowest BCUT2D eigenvalue weighted by atomic mass is 9.89. The van der Waals surface area contributed by atoms with Crippen molar-refractivity contribution in [2.45, 2.75) is 51.1 Å². The van der Waals surface area contributed by atoms with E-state index in [1.165, 1.54) is 0 Å². The molecule has 0 bridgehead atoms. The van der Waals surface area contributed by atoms with Crippen LogP contribution in [0.2, 0.25) is 0 Å². The van der Waals surface area contributed by atoms with E-state index in [9.17, 15) is 4.79 Å². The van der Waals surface area contributed by atoms with Gasteiger partial charge in [-0.25, -0.2) is 4.79 Å². The fourth-order valence-electron chi connectivity index (χ4n) is 2.36. The van der Waals surface area contributed by atoms with Crippen LogP contribution in [0.5, 0.6) is 0 Å². The summed E-state index contributed by atoms with van der Waals surface area (Å²) < 4.78 is 0. The van der Waals surface area contributed by atoms with Crippen molar-refractivity contribution < 1.29 is 9.90 Å². The Morgan fingerprint density at radius 1 is 1.57 bits per heavy atom. The standard InChI is InChI=1S/C10H20N2O2/c1-10(2,12-9(13)14)6-7-3-4-8(11)5-7/h7-8,12H,3-6,11H2,1-2H3,(H,13,14)/t7-,8-/m0/s1. The number of carbonyl (C=O) groups is 1. The highest BCUT2D eigenvalue weighted by Gasteiger charge is 2.29. The molecular weight excluding hydrogens is 180 g/mol. The molecule has 0 radical (unpaired) electrons. The molecule has 0 aromatic rings. The first-order chi connectivity index (χ1) is 6.39. The quantitative estimate of drug-likeness (QED) is 0.647. The van der Waals surface area contributed by atoms with E-state index in [4.69, 9.17) is 10.8 Å². The van der Waals surface area contributed by atoms with E-state index in [2.05, 4.69) is 5.32 Å². The number of nitrogens with two attached hydrogens (primary N) is 1. The SMILES string of the molecule is CC(C)(C[C@H]1CC[C@H](N)C1)NC(=O)O. The van der Waals surface area contributed by atoms with Crippen molar-refractivity contribution in [3.8, 4) is 0 Å². The summed E-state index contributed by atoms with van der Waals surface area (Å²) in [5, 5.41) is 11.2. The Morgan fingerprint density at radius 2 is 2.21 bits per heavy atom. The van der Waals surface area contributed by atoms with Gasteiger partial charge in [0.05, 0.1) is 0 Å². The normalized spacial score (nSPS) is 27.6. The Hall–Kier alpha value is -0.770. The highest BCUT2D eigenvalue weighted by atomic mass is 16.4. The van der Waals surface area contributed by atoms with E-state index in [1.807, 2.05) is 13.8 Å². The summed E-state index contributed by atoms with van der Waals surface area (Å²) in [5.74, 6) is 0.576. The predicted molar refractivity (Wildman–Crippen MR) is 55.2 cm³/mol. The average Bonchev–Trinajstić information content (AvgIpc) is 2.30. The molecule has 0 aliphatic heterocycles. The minimum absolute atomic E-state index is 0.320. The van der Waals surface area contributed by atoms with Crippen LogP contribution >= 0.6 is 0 Å². The summed E-state index contributed by atoms with van der Waals surface area (Å²) in [6.45, 7) is 3.84. The van der Waals surface area contributed by atoms with Crippen LogP contribution in [0.25, 0.3) is 0 Å². The largest absolute Gasteiger partial charge is 0.465 e. The van der Waals surface area contributed by atoms with Gasteiger partial charge in [0.25, 0.3) is 0 Å². The molecule has 1 fully saturated rings. The lowest BCUT2D eigenvalue weighted by molar-refractivity contribution is 0.176. The fourth-order valence-corrected chi connectivity index (χ4v) is 2.36. The number of hydrogen-bond acceptors (Lipinski definition) is 2. The zero-order valence-electron chi connectivity index (χ0n) is 8.92. The molecular formula is C10H20N2O2. The first kappa shape index (κ1) is 11.3. The summed E-state index contributed by atoms with van der Waals surface area (Å²) >= 11 is 0. The topological polar surface area (TPSA) is 75.3 Å². The summed E-state index contributed by atoms with van der Waals surface area (Å²) in [5.41, 5.74) is 5.48. The molecule has 1 aliphatic rings. The van der Waals surface area contributed by atoms with Crippen LogP contribution in [-0.2, 0) is 0 Å². The van der Waals surface area contributed by atoms with Crippen molar-refractivity contribution in [1.82, 2.24) is 5.32 Å². The Kier molecular flexibility index (Phi) is 3.37. The molecule has 0 saturated heterocycles. The van der Waals surface area contributed by atoms with Crippen LogP contribution in [0.4, 0.5) is 4.79 Å². The van der Waals surface area contributed by atoms with Crippen LogP contribution in [0.15, 0.2) is 0 Å². The van der Waals surface area contributed by atoms with Gasteiger partial charge in [0.2, 0.25) is 0 Å². The maximum atomic E-state index is 10.5. The van der Waals surface area contributed by atoms with Crippen molar-refractivity contribution >= 4 is 6.09 Å². The molecule has 4 nitrogen and oxygen atoms in total. The highest BCUT2D eigenvalue weighted by Crippen LogP contribution is 2.31. The lowest BCUT2D eigenvalue weighted by Gasteiger charge is -2.27. The smallest absolute Gasteiger partial charge is 0.405 e. The molecule has 2 atom stereocenters. The van der Waals surface area contributed by atoms with E-state index in [0.717, 1.165) is 25.7 Å².